The van der Waals surface area contributed by atoms with Gasteiger partial charge in [0.25, 0.3) is 0 Å². The second-order valence-electron chi connectivity index (χ2n) is 27.0. The highest BCUT2D eigenvalue weighted by molar-refractivity contribution is 6.21. The molecule has 4 aliphatic rings. The molecular weight excluding hydrogens is 1110 g/mol. The first-order valence-electron chi connectivity index (χ1n) is 32.5. The Bertz CT molecular complexity index is 5520. The van der Waals surface area contributed by atoms with E-state index in [1.54, 1.807) is 0 Å². The maximum absolute atomic E-state index is 7.11. The Kier molecular flexibility index (Phi) is 11.4. The molecule has 92 heavy (non-hydrogen) atoms. The average Bonchev–Trinajstić information content (AvgIpc) is 1.51. The molecule has 0 bridgehead atoms. The Morgan fingerprint density at radius 1 is 0.391 bits per heavy atom. The highest BCUT2D eigenvalue weighted by atomic mass is 16.3. The van der Waals surface area contributed by atoms with Crippen molar-refractivity contribution in [2.24, 2.45) is 0 Å². The molecule has 3 heteroatoms. The van der Waals surface area contributed by atoms with Crippen LogP contribution in [0.25, 0.3) is 89.6 Å². The van der Waals surface area contributed by atoms with Crippen molar-refractivity contribution >= 4 is 62.1 Å². The van der Waals surface area contributed by atoms with Crippen molar-refractivity contribution in [3.05, 3.63) is 350 Å². The Morgan fingerprint density at radius 3 is 1.53 bits per heavy atom. The summed E-state index contributed by atoms with van der Waals surface area (Å²) in [5.41, 5.74) is 32.3. The van der Waals surface area contributed by atoms with Gasteiger partial charge in [0.2, 0.25) is 0 Å². The number of benzene rings is 12. The van der Waals surface area contributed by atoms with Crippen LogP contribution in [-0.4, -0.2) is 0 Å². The quantitative estimate of drug-likeness (QED) is 0.152. The van der Waals surface area contributed by atoms with Gasteiger partial charge in [0, 0.05) is 49.1 Å². The number of hydrogen-bond donors (Lipinski definition) is 0. The third kappa shape index (κ3) is 6.90. The fourth-order valence-electron chi connectivity index (χ4n) is 18.0. The monoisotopic (exact) mass is 1180 g/mol. The second-order valence-corrected chi connectivity index (χ2v) is 27.0. The van der Waals surface area contributed by atoms with Gasteiger partial charge in [-0.2, -0.15) is 0 Å². The zero-order valence-corrected chi connectivity index (χ0v) is 52.9. The number of anilines is 3. The summed E-state index contributed by atoms with van der Waals surface area (Å²) in [6, 6.07) is 93.9. The van der Waals surface area contributed by atoms with Crippen molar-refractivity contribution in [1.82, 2.24) is 0 Å². The van der Waals surface area contributed by atoms with Crippen LogP contribution in [0.2, 0.25) is 0 Å². The summed E-state index contributed by atoms with van der Waals surface area (Å²) in [6.07, 6.45) is 6.11. The zero-order valence-electron chi connectivity index (χ0n) is 52.9. The van der Waals surface area contributed by atoms with E-state index in [0.717, 1.165) is 49.5 Å². The Hall–Kier alpha value is -10.7. The molecule has 0 amide bonds. The first kappa shape index (κ1) is 54.2. The second kappa shape index (κ2) is 19.4. The molecule has 0 spiro atoms. The molecule has 0 N–H and O–H groups in total. The van der Waals surface area contributed by atoms with Crippen molar-refractivity contribution in [2.45, 2.75) is 70.1 Å². The number of furan rings is 2. The summed E-state index contributed by atoms with van der Waals surface area (Å²) >= 11 is 0. The molecule has 2 aromatic heterocycles. The predicted octanol–water partition coefficient (Wildman–Crippen LogP) is 21.5. The van der Waals surface area contributed by atoms with Crippen molar-refractivity contribution < 1.29 is 8.83 Å². The van der Waals surface area contributed by atoms with Gasteiger partial charge in [-0.1, -0.05) is 247 Å². The average molecular weight is 1180 g/mol. The Labute approximate surface area is 537 Å². The van der Waals surface area contributed by atoms with Gasteiger partial charge in [-0.25, -0.2) is 0 Å². The molecule has 440 valence electrons. The number of allylic oxidation sites excluding steroid dienone is 1. The van der Waals surface area contributed by atoms with Crippen LogP contribution in [0.4, 0.5) is 17.1 Å². The molecule has 2 heterocycles. The van der Waals surface area contributed by atoms with Gasteiger partial charge in [0.1, 0.15) is 22.2 Å². The first-order valence-corrected chi connectivity index (χ1v) is 32.5. The van der Waals surface area contributed by atoms with E-state index in [1.165, 1.54) is 133 Å². The smallest absolute Gasteiger partial charge is 0.144 e. The summed E-state index contributed by atoms with van der Waals surface area (Å²) in [5.74, 6) is 0. The van der Waals surface area contributed by atoms with Gasteiger partial charge in [-0.3, -0.25) is 0 Å². The van der Waals surface area contributed by atoms with E-state index in [0.29, 0.717) is 0 Å². The van der Waals surface area contributed by atoms with Gasteiger partial charge in [-0.15, -0.1) is 0 Å². The molecular formula is C89H67NO2. The molecule has 3 nitrogen and oxygen atoms in total. The lowest BCUT2D eigenvalue weighted by atomic mass is 9.66. The summed E-state index contributed by atoms with van der Waals surface area (Å²) in [6.45, 7) is 20.6. The highest BCUT2D eigenvalue weighted by Crippen LogP contribution is 2.66. The molecule has 0 fully saturated rings. The SMILES string of the molecule is C=C/C=c1\c(=C/C)oc2ccc3c(c12)-c1cc2c(cc1C3(c1ccccc1)c1ccccc1)-c1ccc(N(c3ccc4c(c3)C(C)(C)c3c5c(c6oc7ccccc7c6c3-4)-c3ccccc3C5(C)C)c3c(C)cccc3C)cc1C2(c1ccccc1)c1ccccc1. The van der Waals surface area contributed by atoms with Crippen LogP contribution in [0.1, 0.15) is 113 Å². The number of fused-ring (bicyclic) bond motifs is 20. The fourth-order valence-corrected chi connectivity index (χ4v) is 18.0. The summed E-state index contributed by atoms with van der Waals surface area (Å²) in [7, 11) is 0. The molecule has 0 radical (unpaired) electrons. The molecule has 0 saturated carbocycles. The zero-order chi connectivity index (χ0) is 62.2. The third-order valence-electron chi connectivity index (χ3n) is 21.7. The van der Waals surface area contributed by atoms with Crippen LogP contribution >= 0.6 is 0 Å². The van der Waals surface area contributed by atoms with Gasteiger partial charge in [0.05, 0.1) is 16.5 Å². The lowest BCUT2D eigenvalue weighted by Gasteiger charge is -2.36. The van der Waals surface area contributed by atoms with Crippen LogP contribution in [0.3, 0.4) is 0 Å². The van der Waals surface area contributed by atoms with Gasteiger partial charge >= 0.3 is 0 Å². The van der Waals surface area contributed by atoms with Crippen LogP contribution in [0, 0.1) is 13.8 Å². The third-order valence-corrected chi connectivity index (χ3v) is 21.7. The standard InChI is InChI=1S/C89H67NO2/c1-9-28-64-74(10-2)91-76-48-47-69-77(78(64)76)67-52-72-66(51-73(67)88(69,55-31-15-11-16-32-55)56-33-17-12-18-34-56)61-45-43-60(50-71(61)89(72,57-35-19-13-20-36-57)58-37-21-14-22-38-58)90(84-53(3)29-27-30-54(84)4)59-44-46-63-70(49-59)87(7,8)82-79(63)80-65-40-24-26-42-75(65)92-85(80)81-62-39-23-25-41-68(62)86(5,6)83(81)82/h9-52H,1H2,2-8H3/b64-28+,74-10+. The summed E-state index contributed by atoms with van der Waals surface area (Å²) < 4.78 is 14.0. The van der Waals surface area contributed by atoms with Crippen molar-refractivity contribution in [3.8, 4) is 44.5 Å². The number of rotatable bonds is 8. The van der Waals surface area contributed by atoms with Crippen molar-refractivity contribution in [3.63, 3.8) is 0 Å². The molecule has 0 atom stereocenters. The fraction of sp³-hybridized carbons (Fsp3) is 0.124. The lowest BCUT2D eigenvalue weighted by molar-refractivity contribution is 0.575. The minimum Gasteiger partial charge on any atom is -0.456 e. The number of aryl methyl sites for hydroxylation is 2. The van der Waals surface area contributed by atoms with E-state index in [-0.39, 0.29) is 5.41 Å². The van der Waals surface area contributed by atoms with Crippen molar-refractivity contribution in [2.75, 3.05) is 4.90 Å². The topological polar surface area (TPSA) is 29.5 Å². The summed E-state index contributed by atoms with van der Waals surface area (Å²) in [4.78, 5) is 2.57. The molecule has 14 aromatic rings. The number of hydrogen-bond acceptors (Lipinski definition) is 3. The predicted molar refractivity (Wildman–Crippen MR) is 381 cm³/mol. The minimum absolute atomic E-state index is 0.272. The largest absolute Gasteiger partial charge is 0.456 e. The van der Waals surface area contributed by atoms with Crippen molar-refractivity contribution in [1.29, 1.82) is 0 Å². The minimum atomic E-state index is -0.774. The molecule has 0 unspecified atom stereocenters. The van der Waals surface area contributed by atoms with Gasteiger partial charge in [-0.05, 0) is 192 Å². The molecule has 0 aliphatic heterocycles. The number of nitrogens with zero attached hydrogens (tertiary/aromatic N) is 1. The van der Waals surface area contributed by atoms with E-state index in [9.17, 15) is 0 Å². The van der Waals surface area contributed by atoms with E-state index >= 15 is 0 Å². The molecule has 0 saturated heterocycles. The van der Waals surface area contributed by atoms with Gasteiger partial charge in [0.15, 0.2) is 0 Å². The van der Waals surface area contributed by atoms with E-state index in [2.05, 4.69) is 321 Å². The number of para-hydroxylation sites is 2. The first-order chi connectivity index (χ1) is 44.9. The van der Waals surface area contributed by atoms with Crippen LogP contribution < -0.4 is 15.5 Å². The van der Waals surface area contributed by atoms with Gasteiger partial charge < -0.3 is 13.7 Å². The molecule has 18 rings (SSSR count). The molecule has 4 aliphatic carbocycles. The van der Waals surface area contributed by atoms with Crippen LogP contribution in [0.5, 0.6) is 0 Å². The Balaban J connectivity index is 0.925. The van der Waals surface area contributed by atoms with E-state index in [1.807, 2.05) is 6.08 Å². The maximum Gasteiger partial charge on any atom is 0.144 e. The Morgan fingerprint density at radius 2 is 0.902 bits per heavy atom. The summed E-state index contributed by atoms with van der Waals surface area (Å²) in [5, 5.41) is 4.50. The highest BCUT2D eigenvalue weighted by Gasteiger charge is 2.53. The molecule has 12 aromatic carbocycles. The van der Waals surface area contributed by atoms with Crippen LogP contribution in [-0.2, 0) is 21.7 Å². The van der Waals surface area contributed by atoms with Crippen LogP contribution in [0.15, 0.2) is 270 Å². The maximum atomic E-state index is 7.11. The van der Waals surface area contributed by atoms with E-state index < -0.39 is 16.2 Å². The van der Waals surface area contributed by atoms with E-state index in [4.69, 9.17) is 8.83 Å². The normalized spacial score (nSPS) is 15.6. The lowest BCUT2D eigenvalue weighted by Crippen LogP contribution is -2.30.